The number of halogens is 1. The molecule has 260 valence electrons. The predicted octanol–water partition coefficient (Wildman–Crippen LogP) is 0.621. The average Bonchev–Trinajstić information content (AvgIpc) is 3.57. The molecule has 0 aromatic carbocycles. The van der Waals surface area contributed by atoms with Gasteiger partial charge >= 0.3 is 12.0 Å². The maximum absolute atomic E-state index is 12.9. The third-order valence-corrected chi connectivity index (χ3v) is 9.45. The number of Topliss-reactive ketones (excluding diaryl/α,β-unsaturated/α-hetero) is 1. The van der Waals surface area contributed by atoms with E-state index in [1.165, 1.54) is 6.92 Å². The number of urea groups is 1. The molecule has 0 spiro atoms. The van der Waals surface area contributed by atoms with E-state index in [4.69, 9.17) is 0 Å². The van der Waals surface area contributed by atoms with Gasteiger partial charge in [0.05, 0.1) is 25.6 Å². The van der Waals surface area contributed by atoms with E-state index < -0.39 is 54.8 Å². The van der Waals surface area contributed by atoms with Crippen LogP contribution in [0.25, 0.3) is 0 Å². The van der Waals surface area contributed by atoms with Crippen molar-refractivity contribution in [3.05, 3.63) is 0 Å². The van der Waals surface area contributed by atoms with Gasteiger partial charge in [-0.2, -0.15) is 11.8 Å². The van der Waals surface area contributed by atoms with Crippen LogP contribution in [0.4, 0.5) is 9.18 Å². The van der Waals surface area contributed by atoms with Crippen LogP contribution in [0, 0.1) is 5.92 Å². The van der Waals surface area contributed by atoms with Crippen molar-refractivity contribution in [2.75, 3.05) is 26.1 Å². The third-order valence-electron chi connectivity index (χ3n) is 7.94. The van der Waals surface area contributed by atoms with Crippen molar-refractivity contribution in [3.63, 3.8) is 0 Å². The Hall–Kier alpha value is -3.43. The number of nitrogens with one attached hydrogen (secondary N) is 6. The van der Waals surface area contributed by atoms with E-state index in [0.29, 0.717) is 37.5 Å². The van der Waals surface area contributed by atoms with Crippen molar-refractivity contribution < 1.29 is 42.7 Å². The van der Waals surface area contributed by atoms with Crippen LogP contribution in [0.2, 0.25) is 0 Å². The minimum absolute atomic E-state index is 0.00720. The van der Waals surface area contributed by atoms with Gasteiger partial charge in [-0.25, -0.2) is 9.18 Å². The summed E-state index contributed by atoms with van der Waals surface area (Å²) in [6.45, 7) is 3.95. The molecule has 0 saturated carbocycles. The lowest BCUT2D eigenvalue weighted by molar-refractivity contribution is -0.143. The molecular formula is C30H49FN6O8S. The first-order valence-corrected chi connectivity index (χ1v) is 16.9. The first kappa shape index (κ1) is 38.8. The molecule has 0 bridgehead atoms. The number of fused-ring (bicyclic) bond motifs is 1. The second kappa shape index (κ2) is 19.9. The van der Waals surface area contributed by atoms with E-state index in [1.54, 1.807) is 13.8 Å². The number of ether oxygens (including phenoxy) is 1. The zero-order valence-electron chi connectivity index (χ0n) is 27.1. The van der Waals surface area contributed by atoms with Crippen molar-refractivity contribution in [1.82, 2.24) is 31.9 Å². The van der Waals surface area contributed by atoms with Gasteiger partial charge in [0, 0.05) is 30.4 Å². The van der Waals surface area contributed by atoms with Crippen molar-refractivity contribution in [2.45, 2.75) is 114 Å². The lowest BCUT2D eigenvalue weighted by Gasteiger charge is -2.24. The Labute approximate surface area is 273 Å². The Bertz CT molecular complexity index is 1100. The number of ketones is 1. The van der Waals surface area contributed by atoms with E-state index in [1.807, 2.05) is 11.8 Å². The number of alkyl halides is 1. The zero-order valence-corrected chi connectivity index (χ0v) is 27.9. The first-order valence-electron chi connectivity index (χ1n) is 15.9. The number of methoxy groups -OCH3 is 1. The molecule has 6 atom stereocenters. The lowest BCUT2D eigenvalue weighted by Crippen LogP contribution is -2.56. The second-order valence-corrected chi connectivity index (χ2v) is 13.3. The maximum atomic E-state index is 12.9. The standard InChI is InChI=1S/C30H49FN6O8S/c1-17(2)26(29(43)33-18(3)28(42)34-19(21(38)15-31)14-25(41)45-4)36-24(40)12-6-5-9-13-32-23(39)11-8-7-10-22-27-20(16-46-22)35-30(44)37-27/h17-20,22,26-27H,5-16H2,1-4H3,(H,32,39)(H,33,43)(H,34,42)(H,36,40)(H2,35,37,44)/t18-,19?,20-,22-,26-,27-/m0/s1. The number of rotatable bonds is 21. The molecule has 1 unspecified atom stereocenters. The summed E-state index contributed by atoms with van der Waals surface area (Å²) in [6, 6.07) is -3.22. The molecule has 2 aliphatic rings. The molecule has 2 heterocycles. The van der Waals surface area contributed by atoms with Gasteiger partial charge < -0.3 is 36.6 Å². The molecule has 0 aliphatic carbocycles. The topological polar surface area (TPSA) is 201 Å². The summed E-state index contributed by atoms with van der Waals surface area (Å²) in [5, 5.41) is 16.6. The van der Waals surface area contributed by atoms with E-state index in [2.05, 4.69) is 36.6 Å². The summed E-state index contributed by atoms with van der Waals surface area (Å²) in [4.78, 5) is 84.9. The van der Waals surface area contributed by atoms with Gasteiger partial charge in [-0.3, -0.25) is 28.8 Å². The zero-order chi connectivity index (χ0) is 34.2. The highest BCUT2D eigenvalue weighted by Crippen LogP contribution is 2.33. The number of carbonyl (C=O) groups excluding carboxylic acids is 7. The molecule has 0 aromatic heterocycles. The van der Waals surface area contributed by atoms with Crippen molar-refractivity contribution in [3.8, 4) is 0 Å². The number of thioether (sulfide) groups is 1. The Morgan fingerprint density at radius 2 is 1.61 bits per heavy atom. The fourth-order valence-electron chi connectivity index (χ4n) is 5.21. The fraction of sp³-hybridized carbons (Fsp3) is 0.767. The first-order chi connectivity index (χ1) is 21.9. The number of amides is 6. The number of hydrogen-bond acceptors (Lipinski definition) is 9. The van der Waals surface area contributed by atoms with E-state index >= 15 is 0 Å². The fourth-order valence-corrected chi connectivity index (χ4v) is 6.76. The van der Waals surface area contributed by atoms with Gasteiger partial charge in [-0.15, -0.1) is 0 Å². The Balaban J connectivity index is 1.61. The minimum Gasteiger partial charge on any atom is -0.469 e. The van der Waals surface area contributed by atoms with Gasteiger partial charge in [0.25, 0.3) is 0 Å². The Morgan fingerprint density at radius 1 is 0.913 bits per heavy atom. The van der Waals surface area contributed by atoms with Gasteiger partial charge in [-0.05, 0) is 38.5 Å². The molecule has 0 aromatic rings. The normalized spacial score (nSPS) is 20.4. The molecule has 46 heavy (non-hydrogen) atoms. The second-order valence-electron chi connectivity index (χ2n) is 12.0. The quantitative estimate of drug-likeness (QED) is 0.0575. The molecule has 2 fully saturated rings. The van der Waals surface area contributed by atoms with E-state index in [-0.39, 0.29) is 42.3 Å². The number of unbranched alkanes of at least 4 members (excludes halogenated alkanes) is 3. The van der Waals surface area contributed by atoms with Crippen LogP contribution in [0.15, 0.2) is 0 Å². The summed E-state index contributed by atoms with van der Waals surface area (Å²) in [6.07, 6.45) is 4.70. The highest BCUT2D eigenvalue weighted by atomic mass is 32.2. The monoisotopic (exact) mass is 672 g/mol. The van der Waals surface area contributed by atoms with Crippen LogP contribution in [0.1, 0.15) is 78.6 Å². The Morgan fingerprint density at radius 3 is 2.28 bits per heavy atom. The van der Waals surface area contributed by atoms with Crippen LogP contribution in [0.3, 0.4) is 0 Å². The number of esters is 1. The smallest absolute Gasteiger partial charge is 0.315 e. The predicted molar refractivity (Wildman–Crippen MR) is 169 cm³/mol. The van der Waals surface area contributed by atoms with Gasteiger partial charge in [0.1, 0.15) is 24.8 Å². The van der Waals surface area contributed by atoms with Gasteiger partial charge in [0.15, 0.2) is 5.78 Å². The summed E-state index contributed by atoms with van der Waals surface area (Å²) in [5.74, 6) is -2.95. The van der Waals surface area contributed by atoms with E-state index in [9.17, 15) is 38.0 Å². The highest BCUT2D eigenvalue weighted by molar-refractivity contribution is 8.00. The van der Waals surface area contributed by atoms with Crippen LogP contribution in [0.5, 0.6) is 0 Å². The van der Waals surface area contributed by atoms with Gasteiger partial charge in [-0.1, -0.05) is 26.7 Å². The van der Waals surface area contributed by atoms with Crippen molar-refractivity contribution in [2.24, 2.45) is 5.92 Å². The maximum Gasteiger partial charge on any atom is 0.315 e. The van der Waals surface area contributed by atoms with Crippen LogP contribution < -0.4 is 31.9 Å². The minimum atomic E-state index is -1.44. The number of hydrogen-bond donors (Lipinski definition) is 6. The molecule has 6 amide bonds. The summed E-state index contributed by atoms with van der Waals surface area (Å²) >= 11 is 1.86. The van der Waals surface area contributed by atoms with Crippen LogP contribution in [-0.2, 0) is 33.5 Å². The van der Waals surface area contributed by atoms with Crippen molar-refractivity contribution >= 4 is 53.2 Å². The molecule has 6 N–H and O–H groups in total. The Kier molecular flexibility index (Phi) is 16.8. The molecule has 16 heteroatoms. The molecule has 2 aliphatic heterocycles. The largest absolute Gasteiger partial charge is 0.469 e. The summed E-state index contributed by atoms with van der Waals surface area (Å²) in [7, 11) is 1.09. The molecule has 14 nitrogen and oxygen atoms in total. The molecular weight excluding hydrogens is 623 g/mol. The van der Waals surface area contributed by atoms with Gasteiger partial charge in [0.2, 0.25) is 23.6 Å². The number of carbonyl (C=O) groups is 7. The highest BCUT2D eigenvalue weighted by Gasteiger charge is 2.42. The van der Waals surface area contributed by atoms with Crippen LogP contribution >= 0.6 is 11.8 Å². The third kappa shape index (κ3) is 13.1. The molecule has 2 saturated heterocycles. The lowest BCUT2D eigenvalue weighted by atomic mass is 10.0. The summed E-state index contributed by atoms with van der Waals surface area (Å²) in [5.41, 5.74) is 0. The van der Waals surface area contributed by atoms with E-state index in [0.717, 1.165) is 32.1 Å². The molecule has 0 radical (unpaired) electrons. The molecule has 2 rings (SSSR count). The average molecular weight is 673 g/mol. The summed E-state index contributed by atoms with van der Waals surface area (Å²) < 4.78 is 17.4. The van der Waals surface area contributed by atoms with Crippen LogP contribution in [-0.4, -0.2) is 103 Å². The van der Waals surface area contributed by atoms with Crippen molar-refractivity contribution in [1.29, 1.82) is 0 Å². The SMILES string of the molecule is COC(=O)CC(NC(=O)[C@H](C)NC(=O)[C@@H](NC(=O)CCCCCNC(=O)CCCC[C@@H]1SC[C@@H]2NC(=O)N[C@@H]21)C(C)C)C(=O)CF.